The van der Waals surface area contributed by atoms with Crippen molar-refractivity contribution < 1.29 is 23.0 Å². The molecule has 0 bridgehead atoms. The van der Waals surface area contributed by atoms with E-state index in [9.17, 15) is 18.3 Å². The van der Waals surface area contributed by atoms with E-state index in [0.717, 1.165) is 12.0 Å². The molecule has 0 radical (unpaired) electrons. The van der Waals surface area contributed by atoms with E-state index in [2.05, 4.69) is 4.74 Å². The van der Waals surface area contributed by atoms with Crippen molar-refractivity contribution in [2.24, 2.45) is 5.92 Å². The maximum Gasteiger partial charge on any atom is 0.573 e. The predicted octanol–water partition coefficient (Wildman–Crippen LogP) is 3.46. The van der Waals surface area contributed by atoms with Crippen LogP contribution in [-0.4, -0.2) is 17.6 Å². The van der Waals surface area contributed by atoms with Crippen LogP contribution in [0.2, 0.25) is 0 Å². The molecule has 3 atom stereocenters. The van der Waals surface area contributed by atoms with Gasteiger partial charge in [-0.05, 0) is 42.4 Å². The van der Waals surface area contributed by atoms with E-state index in [0.29, 0.717) is 6.42 Å². The third-order valence-electron chi connectivity index (χ3n) is 3.53. The molecule has 1 saturated carbocycles. The van der Waals surface area contributed by atoms with Gasteiger partial charge in [0.25, 0.3) is 0 Å². The normalized spacial score (nSPS) is 28.4. The molecule has 1 aromatic rings. The van der Waals surface area contributed by atoms with Crippen molar-refractivity contribution in [2.75, 3.05) is 0 Å². The Morgan fingerprint density at radius 3 is 2.56 bits per heavy atom. The number of benzene rings is 1. The minimum atomic E-state index is -4.67. The molecule has 0 saturated heterocycles. The van der Waals surface area contributed by atoms with Crippen LogP contribution in [-0.2, 0) is 0 Å². The van der Waals surface area contributed by atoms with Gasteiger partial charge < -0.3 is 9.84 Å². The van der Waals surface area contributed by atoms with Gasteiger partial charge in [-0.1, -0.05) is 19.1 Å². The molecule has 100 valence electrons. The molecule has 2 nitrogen and oxygen atoms in total. The Kier molecular flexibility index (Phi) is 3.52. The average molecular weight is 260 g/mol. The third kappa shape index (κ3) is 2.96. The Balaban J connectivity index is 2.17. The Morgan fingerprint density at radius 2 is 2.00 bits per heavy atom. The van der Waals surface area contributed by atoms with Crippen LogP contribution in [0.5, 0.6) is 5.75 Å². The zero-order chi connectivity index (χ0) is 13.3. The van der Waals surface area contributed by atoms with E-state index in [4.69, 9.17) is 0 Å². The van der Waals surface area contributed by atoms with Crippen molar-refractivity contribution in [3.8, 4) is 5.75 Å². The average Bonchev–Trinajstić information content (AvgIpc) is 2.58. The predicted molar refractivity (Wildman–Crippen MR) is 60.3 cm³/mol. The lowest BCUT2D eigenvalue weighted by atomic mass is 9.89. The third-order valence-corrected chi connectivity index (χ3v) is 3.53. The van der Waals surface area contributed by atoms with Gasteiger partial charge >= 0.3 is 6.36 Å². The van der Waals surface area contributed by atoms with Gasteiger partial charge in [-0.3, -0.25) is 0 Å². The lowest BCUT2D eigenvalue weighted by Gasteiger charge is -2.18. The summed E-state index contributed by atoms with van der Waals surface area (Å²) in [6.45, 7) is 1.92. The number of aliphatic hydroxyl groups is 1. The zero-order valence-corrected chi connectivity index (χ0v) is 9.95. The Morgan fingerprint density at radius 1 is 1.28 bits per heavy atom. The molecule has 18 heavy (non-hydrogen) atoms. The van der Waals surface area contributed by atoms with Crippen LogP contribution in [0, 0.1) is 5.92 Å². The number of rotatable bonds is 2. The molecule has 0 spiro atoms. The van der Waals surface area contributed by atoms with E-state index in [1.54, 1.807) is 12.1 Å². The van der Waals surface area contributed by atoms with E-state index in [1.807, 2.05) is 6.92 Å². The molecule has 1 N–H and O–H groups in total. The molecule has 1 fully saturated rings. The summed E-state index contributed by atoms with van der Waals surface area (Å²) >= 11 is 0. The second-order valence-electron chi connectivity index (χ2n) is 4.73. The summed E-state index contributed by atoms with van der Waals surface area (Å²) in [6, 6.07) is 6.02. The van der Waals surface area contributed by atoms with Gasteiger partial charge in [-0.25, -0.2) is 0 Å². The second-order valence-corrected chi connectivity index (χ2v) is 4.73. The molecule has 3 unspecified atom stereocenters. The fourth-order valence-corrected chi connectivity index (χ4v) is 2.56. The topological polar surface area (TPSA) is 29.5 Å². The van der Waals surface area contributed by atoms with Crippen LogP contribution in [0.4, 0.5) is 13.2 Å². The van der Waals surface area contributed by atoms with E-state index in [1.165, 1.54) is 12.1 Å². The molecular weight excluding hydrogens is 245 g/mol. The molecule has 0 aromatic heterocycles. The highest BCUT2D eigenvalue weighted by molar-refractivity contribution is 5.32. The van der Waals surface area contributed by atoms with Crippen LogP contribution in [0.25, 0.3) is 0 Å². The number of alkyl halides is 3. The molecular formula is C13H15F3O2. The molecule has 5 heteroatoms. The Labute approximate surface area is 103 Å². The molecule has 0 amide bonds. The molecule has 0 aliphatic heterocycles. The van der Waals surface area contributed by atoms with Gasteiger partial charge in [0.15, 0.2) is 0 Å². The minimum Gasteiger partial charge on any atom is -0.406 e. The standard InChI is InChI=1S/C13H15F3O2/c1-8-11(5-6-12(8)17)9-3-2-4-10(7-9)18-13(14,15)16/h2-4,7-8,11-12,17H,5-6H2,1H3. The Hall–Kier alpha value is -1.23. The summed E-state index contributed by atoms with van der Waals surface area (Å²) in [5, 5.41) is 9.67. The highest BCUT2D eigenvalue weighted by atomic mass is 19.4. The SMILES string of the molecule is CC1C(O)CCC1c1cccc(OC(F)(F)F)c1. The van der Waals surface area contributed by atoms with Crippen LogP contribution in [0.15, 0.2) is 24.3 Å². The van der Waals surface area contributed by atoms with Gasteiger partial charge in [0.05, 0.1) is 6.10 Å². The molecule has 0 heterocycles. The van der Waals surface area contributed by atoms with Crippen LogP contribution in [0.3, 0.4) is 0 Å². The maximum atomic E-state index is 12.1. The van der Waals surface area contributed by atoms with E-state index < -0.39 is 6.36 Å². The first-order valence-corrected chi connectivity index (χ1v) is 5.90. The summed E-state index contributed by atoms with van der Waals surface area (Å²) in [4.78, 5) is 0. The van der Waals surface area contributed by atoms with Gasteiger partial charge in [0.1, 0.15) is 5.75 Å². The van der Waals surface area contributed by atoms with Crippen LogP contribution >= 0.6 is 0 Å². The zero-order valence-electron chi connectivity index (χ0n) is 9.95. The minimum absolute atomic E-state index is 0.0612. The van der Waals surface area contributed by atoms with Crippen molar-refractivity contribution in [3.05, 3.63) is 29.8 Å². The molecule has 1 aromatic carbocycles. The number of ether oxygens (including phenoxy) is 1. The number of hydrogen-bond acceptors (Lipinski definition) is 2. The molecule has 1 aliphatic rings. The summed E-state index contributed by atoms with van der Waals surface area (Å²) in [5.41, 5.74) is 0.792. The van der Waals surface area contributed by atoms with E-state index >= 15 is 0 Å². The van der Waals surface area contributed by atoms with Crippen molar-refractivity contribution in [1.29, 1.82) is 0 Å². The first kappa shape index (κ1) is 13.2. The van der Waals surface area contributed by atoms with Gasteiger partial charge in [-0.15, -0.1) is 13.2 Å². The number of hydrogen-bond donors (Lipinski definition) is 1. The van der Waals surface area contributed by atoms with Crippen LogP contribution in [0.1, 0.15) is 31.2 Å². The fourth-order valence-electron chi connectivity index (χ4n) is 2.56. The molecule has 2 rings (SSSR count). The monoisotopic (exact) mass is 260 g/mol. The summed E-state index contributed by atoms with van der Waals surface area (Å²) < 4.78 is 40.3. The smallest absolute Gasteiger partial charge is 0.406 e. The first-order chi connectivity index (χ1) is 8.37. The molecule has 1 aliphatic carbocycles. The van der Waals surface area contributed by atoms with Crippen molar-refractivity contribution in [2.45, 2.75) is 38.1 Å². The number of halogens is 3. The van der Waals surface area contributed by atoms with Crippen LogP contribution < -0.4 is 4.74 Å². The van der Waals surface area contributed by atoms with Crippen molar-refractivity contribution in [3.63, 3.8) is 0 Å². The fraction of sp³-hybridized carbons (Fsp3) is 0.538. The van der Waals surface area contributed by atoms with Gasteiger partial charge in [-0.2, -0.15) is 0 Å². The van der Waals surface area contributed by atoms with Gasteiger partial charge in [0, 0.05) is 0 Å². The highest BCUT2D eigenvalue weighted by Crippen LogP contribution is 2.40. The summed E-state index contributed by atoms with van der Waals surface area (Å²) in [5.74, 6) is -0.0449. The van der Waals surface area contributed by atoms with Gasteiger partial charge in [0.2, 0.25) is 0 Å². The maximum absolute atomic E-state index is 12.1. The lowest BCUT2D eigenvalue weighted by molar-refractivity contribution is -0.274. The Bertz CT molecular complexity index is 417. The lowest BCUT2D eigenvalue weighted by Crippen LogP contribution is -2.17. The number of aliphatic hydroxyl groups excluding tert-OH is 1. The quantitative estimate of drug-likeness (QED) is 0.882. The summed E-state index contributed by atoms with van der Waals surface area (Å²) in [6.07, 6.45) is -3.56. The largest absolute Gasteiger partial charge is 0.573 e. The first-order valence-electron chi connectivity index (χ1n) is 5.90. The van der Waals surface area contributed by atoms with E-state index in [-0.39, 0.29) is 23.7 Å². The van der Waals surface area contributed by atoms with Crippen molar-refractivity contribution >= 4 is 0 Å². The summed E-state index contributed by atoms with van der Waals surface area (Å²) in [7, 11) is 0. The second kappa shape index (κ2) is 4.80. The van der Waals surface area contributed by atoms with Crippen molar-refractivity contribution in [1.82, 2.24) is 0 Å². The highest BCUT2D eigenvalue weighted by Gasteiger charge is 2.34.